The van der Waals surface area contributed by atoms with E-state index in [4.69, 9.17) is 0 Å². The Morgan fingerprint density at radius 2 is 2.00 bits per heavy atom. The first-order chi connectivity index (χ1) is 13.9. The van der Waals surface area contributed by atoms with Gasteiger partial charge in [0.25, 0.3) is 0 Å². The maximum absolute atomic E-state index is 13.3. The molecular formula is C21H22F3N5. The second-order valence-corrected chi connectivity index (χ2v) is 7.71. The number of hydrogen-bond acceptors (Lipinski definition) is 5. The van der Waals surface area contributed by atoms with Crippen LogP contribution in [0.4, 0.5) is 24.7 Å². The fourth-order valence-corrected chi connectivity index (χ4v) is 3.93. The van der Waals surface area contributed by atoms with Crippen molar-refractivity contribution in [2.75, 3.05) is 29.9 Å². The second-order valence-electron chi connectivity index (χ2n) is 7.71. The van der Waals surface area contributed by atoms with E-state index >= 15 is 0 Å². The van der Waals surface area contributed by atoms with Gasteiger partial charge < -0.3 is 9.80 Å². The third kappa shape index (κ3) is 4.00. The molecule has 2 aromatic rings. The number of anilines is 2. The zero-order chi connectivity index (χ0) is 20.6. The molecule has 2 heterocycles. The van der Waals surface area contributed by atoms with E-state index in [9.17, 15) is 18.4 Å². The van der Waals surface area contributed by atoms with E-state index in [1.165, 1.54) is 6.07 Å². The van der Waals surface area contributed by atoms with Crippen LogP contribution in [0.5, 0.6) is 0 Å². The molecule has 1 aliphatic heterocycles. The fraction of sp³-hybridized carbons (Fsp3) is 0.476. The van der Waals surface area contributed by atoms with Crippen LogP contribution >= 0.6 is 0 Å². The second kappa shape index (κ2) is 7.54. The molecule has 1 aliphatic carbocycles. The van der Waals surface area contributed by atoms with E-state index in [0.29, 0.717) is 24.7 Å². The molecule has 0 bridgehead atoms. The topological polar surface area (TPSA) is 56.1 Å². The summed E-state index contributed by atoms with van der Waals surface area (Å²) in [6, 6.07) is 7.68. The summed E-state index contributed by atoms with van der Waals surface area (Å²) in [4.78, 5) is 13.0. The van der Waals surface area contributed by atoms with E-state index in [-0.39, 0.29) is 11.6 Å². The number of aromatic nitrogens is 2. The highest BCUT2D eigenvalue weighted by Crippen LogP contribution is 2.39. The predicted octanol–water partition coefficient (Wildman–Crippen LogP) is 4.35. The Bertz CT molecular complexity index is 933. The Labute approximate surface area is 167 Å². The number of nitriles is 1. The van der Waals surface area contributed by atoms with Crippen LogP contribution in [-0.2, 0) is 6.18 Å². The fourth-order valence-electron chi connectivity index (χ4n) is 3.93. The largest absolute Gasteiger partial charge is 0.417 e. The molecule has 5 nitrogen and oxygen atoms in total. The number of benzene rings is 1. The van der Waals surface area contributed by atoms with Gasteiger partial charge in [0.15, 0.2) is 0 Å². The van der Waals surface area contributed by atoms with Gasteiger partial charge in [0.2, 0.25) is 0 Å². The summed E-state index contributed by atoms with van der Waals surface area (Å²) >= 11 is 0. The van der Waals surface area contributed by atoms with Crippen molar-refractivity contribution in [2.24, 2.45) is 0 Å². The Morgan fingerprint density at radius 3 is 2.69 bits per heavy atom. The lowest BCUT2D eigenvalue weighted by atomic mass is 10.00. The van der Waals surface area contributed by atoms with Gasteiger partial charge in [-0.05, 0) is 43.9 Å². The van der Waals surface area contributed by atoms with Gasteiger partial charge in [-0.2, -0.15) is 18.4 Å². The van der Waals surface area contributed by atoms with Gasteiger partial charge in [-0.3, -0.25) is 0 Å². The summed E-state index contributed by atoms with van der Waals surface area (Å²) in [6.45, 7) is 1.16. The van der Waals surface area contributed by atoms with Crippen LogP contribution in [0.2, 0.25) is 0 Å². The lowest BCUT2D eigenvalue weighted by molar-refractivity contribution is -0.137. The molecule has 2 fully saturated rings. The lowest BCUT2D eigenvalue weighted by Crippen LogP contribution is -2.47. The maximum atomic E-state index is 13.3. The Hall–Kier alpha value is -2.82. The summed E-state index contributed by atoms with van der Waals surface area (Å²) in [6.07, 6.45) is 1.21. The van der Waals surface area contributed by atoms with Crippen LogP contribution in [-0.4, -0.2) is 36.1 Å². The molecule has 1 saturated carbocycles. The maximum Gasteiger partial charge on any atom is 0.417 e. The van der Waals surface area contributed by atoms with Crippen molar-refractivity contribution >= 4 is 11.5 Å². The number of nitrogens with zero attached hydrogens (tertiary/aromatic N) is 5. The van der Waals surface area contributed by atoms with Crippen molar-refractivity contribution < 1.29 is 13.2 Å². The zero-order valence-electron chi connectivity index (χ0n) is 16.2. The number of alkyl halides is 3. The molecule has 1 aromatic heterocycles. The summed E-state index contributed by atoms with van der Waals surface area (Å²) < 4.78 is 40.0. The first-order valence-electron chi connectivity index (χ1n) is 9.79. The van der Waals surface area contributed by atoms with Crippen molar-refractivity contribution in [1.29, 1.82) is 5.26 Å². The third-order valence-corrected chi connectivity index (χ3v) is 5.71. The van der Waals surface area contributed by atoms with Crippen molar-refractivity contribution in [3.63, 3.8) is 0 Å². The number of halogens is 3. The molecule has 8 heteroatoms. The van der Waals surface area contributed by atoms with Crippen LogP contribution < -0.4 is 9.80 Å². The van der Waals surface area contributed by atoms with Crippen molar-refractivity contribution in [2.45, 2.75) is 43.8 Å². The number of piperidine rings is 1. The lowest BCUT2D eigenvalue weighted by Gasteiger charge is -2.39. The van der Waals surface area contributed by atoms with E-state index in [0.717, 1.165) is 43.4 Å². The highest BCUT2D eigenvalue weighted by molar-refractivity contribution is 5.63. The SMILES string of the molecule is CN(c1ccnc(C2CC2)n1)C1CCCN(c2cccc(C(F)(F)F)c2C#N)C1. The van der Waals surface area contributed by atoms with Gasteiger partial charge in [0, 0.05) is 38.3 Å². The van der Waals surface area contributed by atoms with Crippen LogP contribution in [0.1, 0.15) is 48.6 Å². The van der Waals surface area contributed by atoms with Crippen molar-refractivity contribution in [3.05, 3.63) is 47.4 Å². The number of rotatable bonds is 4. The molecule has 1 atom stereocenters. The average molecular weight is 401 g/mol. The minimum Gasteiger partial charge on any atom is -0.368 e. The highest BCUT2D eigenvalue weighted by Gasteiger charge is 2.36. The average Bonchev–Trinajstić information content (AvgIpc) is 3.57. The van der Waals surface area contributed by atoms with E-state index in [1.807, 2.05) is 18.0 Å². The highest BCUT2D eigenvalue weighted by atomic mass is 19.4. The number of hydrogen-bond donors (Lipinski definition) is 0. The molecule has 29 heavy (non-hydrogen) atoms. The molecular weight excluding hydrogens is 379 g/mol. The van der Waals surface area contributed by atoms with Crippen LogP contribution in [0.25, 0.3) is 0 Å². The molecule has 0 spiro atoms. The number of likely N-dealkylation sites (N-methyl/N-ethyl adjacent to an activating group) is 1. The van der Waals surface area contributed by atoms with E-state index < -0.39 is 11.7 Å². The molecule has 1 aromatic carbocycles. The molecule has 152 valence electrons. The van der Waals surface area contributed by atoms with Gasteiger partial charge in [0.05, 0.1) is 16.8 Å². The summed E-state index contributed by atoms with van der Waals surface area (Å²) in [7, 11) is 1.96. The first kappa shape index (κ1) is 19.5. The molecule has 2 aliphatic rings. The van der Waals surface area contributed by atoms with Gasteiger partial charge in [-0.15, -0.1) is 0 Å². The van der Waals surface area contributed by atoms with Crippen LogP contribution in [0.3, 0.4) is 0 Å². The molecule has 0 radical (unpaired) electrons. The minimum atomic E-state index is -4.55. The Kier molecular flexibility index (Phi) is 5.07. The molecule has 0 N–H and O–H groups in total. The van der Waals surface area contributed by atoms with Gasteiger partial charge in [-0.1, -0.05) is 6.07 Å². The van der Waals surface area contributed by atoms with Crippen molar-refractivity contribution in [1.82, 2.24) is 9.97 Å². The van der Waals surface area contributed by atoms with Crippen molar-refractivity contribution in [3.8, 4) is 6.07 Å². The first-order valence-corrected chi connectivity index (χ1v) is 9.79. The van der Waals surface area contributed by atoms with Gasteiger partial charge in [0.1, 0.15) is 17.7 Å². The monoisotopic (exact) mass is 401 g/mol. The molecule has 4 rings (SSSR count). The van der Waals surface area contributed by atoms with Crippen LogP contribution in [0, 0.1) is 11.3 Å². The van der Waals surface area contributed by atoms with E-state index in [2.05, 4.69) is 14.9 Å². The van der Waals surface area contributed by atoms with Gasteiger partial charge in [-0.25, -0.2) is 9.97 Å². The minimum absolute atomic E-state index is 0.0896. The Balaban J connectivity index is 1.57. The zero-order valence-corrected chi connectivity index (χ0v) is 16.2. The quantitative estimate of drug-likeness (QED) is 0.762. The molecule has 1 saturated heterocycles. The summed E-state index contributed by atoms with van der Waals surface area (Å²) in [5.41, 5.74) is -0.832. The van der Waals surface area contributed by atoms with Gasteiger partial charge >= 0.3 is 6.18 Å². The Morgan fingerprint density at radius 1 is 1.21 bits per heavy atom. The smallest absolute Gasteiger partial charge is 0.368 e. The summed E-state index contributed by atoms with van der Waals surface area (Å²) in [5, 5.41) is 9.43. The van der Waals surface area contributed by atoms with Crippen LogP contribution in [0.15, 0.2) is 30.5 Å². The molecule has 1 unspecified atom stereocenters. The third-order valence-electron chi connectivity index (χ3n) is 5.71. The molecule has 0 amide bonds. The van der Waals surface area contributed by atoms with E-state index in [1.54, 1.807) is 18.3 Å². The summed E-state index contributed by atoms with van der Waals surface area (Å²) in [5.74, 6) is 2.15. The normalized spacial score (nSPS) is 19.7. The predicted molar refractivity (Wildman–Crippen MR) is 104 cm³/mol. The standard InChI is InChI=1S/C21H22F3N5/c1-28(19-9-10-26-20(27-19)14-7-8-14)15-4-3-11-29(13-15)18-6-2-5-17(16(18)12-25)21(22,23)24/h2,5-6,9-10,14-15H,3-4,7-8,11,13H2,1H3.